The summed E-state index contributed by atoms with van der Waals surface area (Å²) in [5.74, 6) is 2.52. The second kappa shape index (κ2) is 5.62. The van der Waals surface area contributed by atoms with Gasteiger partial charge in [0.05, 0.1) is 18.5 Å². The van der Waals surface area contributed by atoms with Crippen molar-refractivity contribution in [3.63, 3.8) is 0 Å². The number of fused-ring (bicyclic) bond motifs is 1. The Morgan fingerprint density at radius 1 is 1.38 bits per heavy atom. The van der Waals surface area contributed by atoms with Crippen LogP contribution in [0.2, 0.25) is 0 Å². The molecule has 2 heterocycles. The lowest BCUT2D eigenvalue weighted by Gasteiger charge is -2.18. The predicted molar refractivity (Wildman–Crippen MR) is 80.6 cm³/mol. The minimum atomic E-state index is 0.147. The summed E-state index contributed by atoms with van der Waals surface area (Å²) >= 11 is 1.81. The molecule has 0 saturated heterocycles. The van der Waals surface area contributed by atoms with Crippen LogP contribution >= 0.6 is 11.8 Å². The zero-order chi connectivity index (χ0) is 14.8. The minimum absolute atomic E-state index is 0.147. The summed E-state index contributed by atoms with van der Waals surface area (Å²) in [5, 5.41) is 22.2. The van der Waals surface area contributed by atoms with E-state index in [4.69, 9.17) is 10.1 Å². The number of rotatable bonds is 2. The average Bonchev–Trinajstić information content (AvgIpc) is 2.54. The van der Waals surface area contributed by atoms with E-state index in [1.165, 1.54) is 4.68 Å². The van der Waals surface area contributed by atoms with Gasteiger partial charge in [-0.15, -0.1) is 0 Å². The summed E-state index contributed by atoms with van der Waals surface area (Å²) in [6.07, 6.45) is 0.811. The summed E-state index contributed by atoms with van der Waals surface area (Å²) in [7, 11) is 1.61. The number of nitriles is 1. The largest absolute Gasteiger partial charge is 0.497 e. The molecule has 1 aromatic carbocycles. The Morgan fingerprint density at radius 3 is 2.81 bits per heavy atom. The number of ether oxygens (including phenoxy) is 1. The molecule has 1 aliphatic heterocycles. The Labute approximate surface area is 126 Å². The maximum absolute atomic E-state index is 9.39. The molecule has 0 fully saturated rings. The van der Waals surface area contributed by atoms with Crippen LogP contribution in [0.15, 0.2) is 24.3 Å². The molecule has 1 aromatic heterocycles. The van der Waals surface area contributed by atoms with Crippen LogP contribution < -0.4 is 10.2 Å². The molecule has 0 unspecified atom stereocenters. The van der Waals surface area contributed by atoms with Crippen LogP contribution in [0.3, 0.4) is 0 Å². The van der Waals surface area contributed by atoms with Gasteiger partial charge in [-0.3, -0.25) is 5.41 Å². The van der Waals surface area contributed by atoms with Gasteiger partial charge >= 0.3 is 0 Å². The molecule has 0 atom stereocenters. The summed E-state index contributed by atoms with van der Waals surface area (Å²) in [6, 6.07) is 9.50. The SMILES string of the molecule is COc1ccc(-n2nc3c(c(C#N)c2=N)CCSC3)cc1. The quantitative estimate of drug-likeness (QED) is 0.920. The Kier molecular flexibility index (Phi) is 3.67. The van der Waals surface area contributed by atoms with Crippen molar-refractivity contribution in [2.24, 2.45) is 0 Å². The van der Waals surface area contributed by atoms with Gasteiger partial charge in [0.15, 0.2) is 5.49 Å². The maximum Gasteiger partial charge on any atom is 0.164 e. The number of nitrogens with zero attached hydrogens (tertiary/aromatic N) is 3. The van der Waals surface area contributed by atoms with Gasteiger partial charge in [0.2, 0.25) is 0 Å². The van der Waals surface area contributed by atoms with Crippen molar-refractivity contribution in [3.05, 3.63) is 46.6 Å². The van der Waals surface area contributed by atoms with E-state index in [0.717, 1.165) is 40.6 Å². The summed E-state index contributed by atoms with van der Waals surface area (Å²) < 4.78 is 6.67. The molecule has 21 heavy (non-hydrogen) atoms. The van der Waals surface area contributed by atoms with Crippen molar-refractivity contribution in [1.82, 2.24) is 9.78 Å². The van der Waals surface area contributed by atoms with Crippen molar-refractivity contribution < 1.29 is 4.74 Å². The van der Waals surface area contributed by atoms with E-state index in [1.54, 1.807) is 18.9 Å². The van der Waals surface area contributed by atoms with Crippen molar-refractivity contribution in [3.8, 4) is 17.5 Å². The van der Waals surface area contributed by atoms with Crippen LogP contribution in [0.4, 0.5) is 0 Å². The molecule has 2 aromatic rings. The fraction of sp³-hybridized carbons (Fsp3) is 0.267. The monoisotopic (exact) mass is 298 g/mol. The highest BCUT2D eigenvalue weighted by Crippen LogP contribution is 2.24. The first kappa shape index (κ1) is 13.7. The molecule has 0 bridgehead atoms. The Bertz CT molecular complexity index is 774. The summed E-state index contributed by atoms with van der Waals surface area (Å²) in [6.45, 7) is 0. The van der Waals surface area contributed by atoms with Gasteiger partial charge in [0, 0.05) is 5.75 Å². The fourth-order valence-electron chi connectivity index (χ4n) is 2.38. The average molecular weight is 298 g/mol. The number of methoxy groups -OCH3 is 1. The van der Waals surface area contributed by atoms with Gasteiger partial charge in [-0.1, -0.05) is 0 Å². The van der Waals surface area contributed by atoms with E-state index in [1.807, 2.05) is 24.3 Å². The molecular formula is C15H14N4OS. The molecule has 0 radical (unpaired) electrons. The first-order chi connectivity index (χ1) is 10.2. The van der Waals surface area contributed by atoms with Gasteiger partial charge in [0.25, 0.3) is 0 Å². The standard InChI is InChI=1S/C15H14N4OS/c1-20-11-4-2-10(3-5-11)19-15(17)13(8-16)12-6-7-21-9-14(12)18-19/h2-5,17H,6-7,9H2,1H3. The number of nitrogens with one attached hydrogen (secondary N) is 1. The highest BCUT2D eigenvalue weighted by atomic mass is 32.2. The number of hydrogen-bond donors (Lipinski definition) is 1. The van der Waals surface area contributed by atoms with Gasteiger partial charge < -0.3 is 4.74 Å². The molecule has 5 nitrogen and oxygen atoms in total. The van der Waals surface area contributed by atoms with Crippen molar-refractivity contribution in [2.75, 3.05) is 12.9 Å². The second-order valence-electron chi connectivity index (χ2n) is 4.67. The Balaban J connectivity index is 2.18. The third-order valence-electron chi connectivity index (χ3n) is 3.48. The van der Waals surface area contributed by atoms with Crippen LogP contribution in [0.1, 0.15) is 16.8 Å². The number of thioether (sulfide) groups is 1. The van der Waals surface area contributed by atoms with E-state index in [0.29, 0.717) is 5.56 Å². The van der Waals surface area contributed by atoms with Crippen molar-refractivity contribution >= 4 is 11.8 Å². The van der Waals surface area contributed by atoms with E-state index >= 15 is 0 Å². The van der Waals surface area contributed by atoms with E-state index in [2.05, 4.69) is 11.2 Å². The van der Waals surface area contributed by atoms with Crippen LogP contribution in [0.5, 0.6) is 5.75 Å². The van der Waals surface area contributed by atoms with Crippen molar-refractivity contribution in [2.45, 2.75) is 12.2 Å². The van der Waals surface area contributed by atoms with Gasteiger partial charge in [-0.2, -0.15) is 22.1 Å². The normalized spacial score (nSPS) is 13.3. The van der Waals surface area contributed by atoms with Crippen LogP contribution in [-0.4, -0.2) is 22.6 Å². The molecular weight excluding hydrogens is 284 g/mol. The first-order valence-electron chi connectivity index (χ1n) is 6.56. The Morgan fingerprint density at radius 2 is 2.14 bits per heavy atom. The highest BCUT2D eigenvalue weighted by molar-refractivity contribution is 7.98. The molecule has 0 saturated carbocycles. The van der Waals surface area contributed by atoms with Gasteiger partial charge in [-0.25, -0.2) is 4.68 Å². The smallest absolute Gasteiger partial charge is 0.164 e. The topological polar surface area (TPSA) is 74.7 Å². The third-order valence-corrected chi connectivity index (χ3v) is 4.45. The summed E-state index contributed by atoms with van der Waals surface area (Å²) in [4.78, 5) is 0. The molecule has 6 heteroatoms. The van der Waals surface area contributed by atoms with E-state index in [-0.39, 0.29) is 5.49 Å². The molecule has 3 rings (SSSR count). The molecule has 0 aliphatic carbocycles. The van der Waals surface area contributed by atoms with Gasteiger partial charge in [-0.05, 0) is 42.0 Å². The van der Waals surface area contributed by atoms with Crippen molar-refractivity contribution in [1.29, 1.82) is 10.7 Å². The summed E-state index contributed by atoms with van der Waals surface area (Å²) in [5.41, 5.74) is 3.20. The van der Waals surface area contributed by atoms with Gasteiger partial charge in [0.1, 0.15) is 17.4 Å². The third kappa shape index (κ3) is 2.41. The Hall–Kier alpha value is -2.26. The fourth-order valence-corrected chi connectivity index (χ4v) is 3.30. The van der Waals surface area contributed by atoms with Crippen LogP contribution in [0, 0.1) is 16.7 Å². The zero-order valence-electron chi connectivity index (χ0n) is 11.6. The van der Waals surface area contributed by atoms with Crippen LogP contribution in [0.25, 0.3) is 5.69 Å². The second-order valence-corrected chi connectivity index (χ2v) is 5.78. The van der Waals surface area contributed by atoms with E-state index < -0.39 is 0 Å². The lowest BCUT2D eigenvalue weighted by molar-refractivity contribution is 0.414. The number of benzene rings is 1. The minimum Gasteiger partial charge on any atom is -0.497 e. The molecule has 0 spiro atoms. The molecule has 1 N–H and O–H groups in total. The lowest BCUT2D eigenvalue weighted by atomic mass is 10.1. The number of aromatic nitrogens is 2. The molecule has 0 amide bonds. The zero-order valence-corrected chi connectivity index (χ0v) is 12.4. The number of hydrogen-bond acceptors (Lipinski definition) is 5. The molecule has 1 aliphatic rings. The molecule has 106 valence electrons. The first-order valence-corrected chi connectivity index (χ1v) is 7.72. The highest BCUT2D eigenvalue weighted by Gasteiger charge is 2.19. The lowest BCUT2D eigenvalue weighted by Crippen LogP contribution is -2.29. The predicted octanol–water partition coefficient (Wildman–Crippen LogP) is 2.02. The van der Waals surface area contributed by atoms with Crippen LogP contribution in [-0.2, 0) is 12.2 Å². The van der Waals surface area contributed by atoms with E-state index in [9.17, 15) is 5.26 Å². The maximum atomic E-state index is 9.39.